The summed E-state index contributed by atoms with van der Waals surface area (Å²) in [5.74, 6) is 1.89. The molecule has 4 nitrogen and oxygen atoms in total. The van der Waals surface area contributed by atoms with E-state index in [1.165, 1.54) is 0 Å². The minimum Gasteiger partial charge on any atom is -0.309 e. The fourth-order valence-electron chi connectivity index (χ4n) is 1.93. The first-order chi connectivity index (χ1) is 7.84. The summed E-state index contributed by atoms with van der Waals surface area (Å²) in [7, 11) is 0. The molecule has 1 aromatic heterocycles. The highest BCUT2D eigenvalue weighted by Gasteiger charge is 2.16. The van der Waals surface area contributed by atoms with E-state index in [2.05, 4.69) is 20.1 Å². The summed E-state index contributed by atoms with van der Waals surface area (Å²) in [6, 6.07) is 7.71. The van der Waals surface area contributed by atoms with Gasteiger partial charge in [0.05, 0.1) is 6.54 Å². The normalized spacial score (nSPS) is 14.8. The molecule has 0 saturated heterocycles. The van der Waals surface area contributed by atoms with Gasteiger partial charge in [0.2, 0.25) is 0 Å². The van der Waals surface area contributed by atoms with Gasteiger partial charge in [0, 0.05) is 23.7 Å². The summed E-state index contributed by atoms with van der Waals surface area (Å²) in [5.41, 5.74) is 1.02. The first-order valence-electron chi connectivity index (χ1n) is 5.23. The zero-order valence-electron chi connectivity index (χ0n) is 8.65. The van der Waals surface area contributed by atoms with Crippen molar-refractivity contribution in [3.8, 4) is 11.4 Å². The van der Waals surface area contributed by atoms with E-state index in [-0.39, 0.29) is 0 Å². The lowest BCUT2D eigenvalue weighted by Crippen LogP contribution is -2.28. The monoisotopic (exact) mass is 234 g/mol. The highest BCUT2D eigenvalue weighted by Crippen LogP contribution is 2.22. The van der Waals surface area contributed by atoms with Crippen LogP contribution < -0.4 is 5.32 Å². The van der Waals surface area contributed by atoms with Gasteiger partial charge in [-0.3, -0.25) is 0 Å². The van der Waals surface area contributed by atoms with Crippen LogP contribution in [-0.4, -0.2) is 21.3 Å². The van der Waals surface area contributed by atoms with Gasteiger partial charge in [0.1, 0.15) is 5.82 Å². The van der Waals surface area contributed by atoms with Crippen LogP contribution in [0.25, 0.3) is 11.4 Å². The summed E-state index contributed by atoms with van der Waals surface area (Å²) in [4.78, 5) is 0. The van der Waals surface area contributed by atoms with Crippen molar-refractivity contribution in [3.05, 3.63) is 35.1 Å². The zero-order chi connectivity index (χ0) is 11.0. The molecule has 0 fully saturated rings. The Morgan fingerprint density at radius 3 is 3.12 bits per heavy atom. The molecule has 0 unspecified atom stereocenters. The number of aromatic nitrogens is 3. The summed E-state index contributed by atoms with van der Waals surface area (Å²) in [6.07, 6.45) is 0. The van der Waals surface area contributed by atoms with Gasteiger partial charge < -0.3 is 9.88 Å². The number of hydrogen-bond donors (Lipinski definition) is 1. The van der Waals surface area contributed by atoms with Crippen molar-refractivity contribution in [2.24, 2.45) is 0 Å². The molecule has 3 rings (SSSR count). The number of nitrogens with one attached hydrogen (secondary N) is 1. The van der Waals surface area contributed by atoms with Gasteiger partial charge in [-0.05, 0) is 12.1 Å². The molecule has 5 heteroatoms. The second kappa shape index (κ2) is 3.88. The molecule has 0 radical (unpaired) electrons. The minimum absolute atomic E-state index is 0.726. The highest BCUT2D eigenvalue weighted by atomic mass is 35.5. The SMILES string of the molecule is Clc1cccc(-c2nnc3n2CCNC3)c1. The lowest BCUT2D eigenvalue weighted by molar-refractivity contribution is 0.508. The Morgan fingerprint density at radius 2 is 2.25 bits per heavy atom. The van der Waals surface area contributed by atoms with Gasteiger partial charge in [0.15, 0.2) is 5.82 Å². The highest BCUT2D eigenvalue weighted by molar-refractivity contribution is 6.30. The van der Waals surface area contributed by atoms with E-state index < -0.39 is 0 Å². The van der Waals surface area contributed by atoms with Crippen molar-refractivity contribution < 1.29 is 0 Å². The van der Waals surface area contributed by atoms with Crippen LogP contribution in [0, 0.1) is 0 Å². The van der Waals surface area contributed by atoms with Crippen LogP contribution in [0.4, 0.5) is 0 Å². The predicted molar refractivity (Wildman–Crippen MR) is 62.2 cm³/mol. The van der Waals surface area contributed by atoms with Gasteiger partial charge >= 0.3 is 0 Å². The summed E-state index contributed by atoms with van der Waals surface area (Å²) >= 11 is 5.98. The molecule has 82 valence electrons. The van der Waals surface area contributed by atoms with E-state index in [1.807, 2.05) is 24.3 Å². The van der Waals surface area contributed by atoms with Crippen molar-refractivity contribution >= 4 is 11.6 Å². The van der Waals surface area contributed by atoms with E-state index in [0.29, 0.717) is 0 Å². The van der Waals surface area contributed by atoms with Gasteiger partial charge in [-0.25, -0.2) is 0 Å². The summed E-state index contributed by atoms with van der Waals surface area (Å²) in [6.45, 7) is 2.65. The first-order valence-corrected chi connectivity index (χ1v) is 5.61. The molecule has 1 aliphatic rings. The van der Waals surface area contributed by atoms with E-state index >= 15 is 0 Å². The third-order valence-corrected chi connectivity index (χ3v) is 2.94. The Labute approximate surface area is 98.3 Å². The van der Waals surface area contributed by atoms with Crippen LogP contribution in [-0.2, 0) is 13.1 Å². The summed E-state index contributed by atoms with van der Waals surface area (Å²) in [5, 5.41) is 12.4. The number of fused-ring (bicyclic) bond motifs is 1. The standard InChI is InChI=1S/C11H11ClN4/c12-9-3-1-2-8(6-9)11-15-14-10-7-13-4-5-16(10)11/h1-3,6,13H,4-5,7H2. The fourth-order valence-corrected chi connectivity index (χ4v) is 2.12. The van der Waals surface area contributed by atoms with Crippen LogP contribution in [0.1, 0.15) is 5.82 Å². The Hall–Kier alpha value is -1.39. The molecule has 0 saturated carbocycles. The van der Waals surface area contributed by atoms with Crippen molar-refractivity contribution in [3.63, 3.8) is 0 Å². The minimum atomic E-state index is 0.726. The van der Waals surface area contributed by atoms with Gasteiger partial charge in [-0.15, -0.1) is 10.2 Å². The molecule has 0 amide bonds. The zero-order valence-corrected chi connectivity index (χ0v) is 9.41. The average Bonchev–Trinajstić information content (AvgIpc) is 2.72. The van der Waals surface area contributed by atoms with Crippen molar-refractivity contribution in [2.75, 3.05) is 6.54 Å². The molecule has 0 spiro atoms. The molecular formula is C11H11ClN4. The topological polar surface area (TPSA) is 42.7 Å². The molecule has 0 bridgehead atoms. The Kier molecular flexibility index (Phi) is 2.38. The maximum Gasteiger partial charge on any atom is 0.164 e. The predicted octanol–water partition coefficient (Wildman–Crippen LogP) is 1.70. The third-order valence-electron chi connectivity index (χ3n) is 2.71. The maximum absolute atomic E-state index is 5.98. The molecule has 2 aromatic rings. The molecule has 0 atom stereocenters. The van der Waals surface area contributed by atoms with E-state index in [1.54, 1.807) is 0 Å². The van der Waals surface area contributed by atoms with Crippen molar-refractivity contribution in [1.82, 2.24) is 20.1 Å². The number of benzene rings is 1. The van der Waals surface area contributed by atoms with E-state index in [0.717, 1.165) is 41.9 Å². The van der Waals surface area contributed by atoms with Crippen LogP contribution >= 0.6 is 11.6 Å². The molecule has 16 heavy (non-hydrogen) atoms. The lowest BCUT2D eigenvalue weighted by atomic mass is 10.2. The lowest BCUT2D eigenvalue weighted by Gasteiger charge is -2.15. The molecular weight excluding hydrogens is 224 g/mol. The Balaban J connectivity index is 2.09. The van der Waals surface area contributed by atoms with Gasteiger partial charge in [-0.1, -0.05) is 23.7 Å². The first kappa shape index (κ1) is 9.81. The van der Waals surface area contributed by atoms with Crippen LogP contribution in [0.5, 0.6) is 0 Å². The van der Waals surface area contributed by atoms with Crippen LogP contribution in [0.15, 0.2) is 24.3 Å². The molecule has 1 aliphatic heterocycles. The van der Waals surface area contributed by atoms with Gasteiger partial charge in [-0.2, -0.15) is 0 Å². The fraction of sp³-hybridized carbons (Fsp3) is 0.273. The van der Waals surface area contributed by atoms with Crippen molar-refractivity contribution in [1.29, 1.82) is 0 Å². The van der Waals surface area contributed by atoms with E-state index in [9.17, 15) is 0 Å². The maximum atomic E-state index is 5.98. The Bertz CT molecular complexity index is 520. The van der Waals surface area contributed by atoms with Crippen LogP contribution in [0.3, 0.4) is 0 Å². The van der Waals surface area contributed by atoms with Crippen molar-refractivity contribution in [2.45, 2.75) is 13.1 Å². The molecule has 0 aliphatic carbocycles. The smallest absolute Gasteiger partial charge is 0.164 e. The average molecular weight is 235 g/mol. The largest absolute Gasteiger partial charge is 0.309 e. The second-order valence-electron chi connectivity index (χ2n) is 3.78. The Morgan fingerprint density at radius 1 is 1.31 bits per heavy atom. The third kappa shape index (κ3) is 1.60. The quantitative estimate of drug-likeness (QED) is 0.817. The molecule has 2 heterocycles. The summed E-state index contributed by atoms with van der Waals surface area (Å²) < 4.78 is 2.14. The second-order valence-corrected chi connectivity index (χ2v) is 4.22. The number of rotatable bonds is 1. The molecule has 1 N–H and O–H groups in total. The van der Waals surface area contributed by atoms with Crippen LogP contribution in [0.2, 0.25) is 5.02 Å². The van der Waals surface area contributed by atoms with E-state index in [4.69, 9.17) is 11.6 Å². The molecule has 1 aromatic carbocycles. The number of halogens is 1. The number of nitrogens with zero attached hydrogens (tertiary/aromatic N) is 3. The number of hydrogen-bond acceptors (Lipinski definition) is 3. The van der Waals surface area contributed by atoms with Gasteiger partial charge in [0.25, 0.3) is 0 Å².